The summed E-state index contributed by atoms with van der Waals surface area (Å²) in [6.45, 7) is 2.16. The second-order valence-corrected chi connectivity index (χ2v) is 4.39. The predicted molar refractivity (Wildman–Crippen MR) is 44.2 cm³/mol. The zero-order valence-corrected chi connectivity index (χ0v) is 7.34. The van der Waals surface area contributed by atoms with Gasteiger partial charge < -0.3 is 0 Å². The number of Topliss-reactive ketones (excluding diaryl/α,β-unsaturated/α-hetero) is 1. The Morgan fingerprint density at radius 1 is 1.67 bits per heavy atom. The molecule has 0 N–H and O–H groups in total. The van der Waals surface area contributed by atoms with Crippen LogP contribution in [0.15, 0.2) is 0 Å². The minimum Gasteiger partial charge on any atom is -0.299 e. The molecule has 3 atom stereocenters. The van der Waals surface area contributed by atoms with Gasteiger partial charge in [-0.2, -0.15) is 5.26 Å². The first-order chi connectivity index (χ1) is 5.67. The molecule has 0 bridgehead atoms. The second kappa shape index (κ2) is 2.32. The zero-order valence-electron chi connectivity index (χ0n) is 7.34. The lowest BCUT2D eigenvalue weighted by Gasteiger charge is -2.52. The molecule has 0 radical (unpaired) electrons. The van der Waals surface area contributed by atoms with Crippen LogP contribution in [0, 0.1) is 28.6 Å². The van der Waals surface area contributed by atoms with Crippen molar-refractivity contribution in [1.82, 2.24) is 0 Å². The maximum absolute atomic E-state index is 11.5. The lowest BCUT2D eigenvalue weighted by atomic mass is 9.49. The van der Waals surface area contributed by atoms with Gasteiger partial charge in [-0.1, -0.05) is 6.92 Å². The average Bonchev–Trinajstić information content (AvgIpc) is 1.98. The highest BCUT2D eigenvalue weighted by Gasteiger charge is 2.55. The van der Waals surface area contributed by atoms with E-state index in [4.69, 9.17) is 5.26 Å². The number of hydrogen-bond acceptors (Lipinski definition) is 2. The number of carbonyl (C=O) groups is 1. The third kappa shape index (κ3) is 0.827. The minimum absolute atomic E-state index is 0.0304. The normalized spacial score (nSPS) is 45.8. The van der Waals surface area contributed by atoms with Crippen molar-refractivity contribution >= 4 is 5.78 Å². The van der Waals surface area contributed by atoms with Crippen molar-refractivity contribution < 1.29 is 4.79 Å². The van der Waals surface area contributed by atoms with Gasteiger partial charge in [-0.15, -0.1) is 0 Å². The highest BCUT2D eigenvalue weighted by molar-refractivity contribution is 5.84. The van der Waals surface area contributed by atoms with Gasteiger partial charge in [0.2, 0.25) is 0 Å². The number of rotatable bonds is 0. The van der Waals surface area contributed by atoms with Crippen molar-refractivity contribution in [2.24, 2.45) is 17.3 Å². The monoisotopic (exact) mass is 163 g/mol. The molecule has 3 unspecified atom stereocenters. The molecule has 12 heavy (non-hydrogen) atoms. The van der Waals surface area contributed by atoms with E-state index < -0.39 is 0 Å². The zero-order chi connectivity index (χ0) is 8.77. The first kappa shape index (κ1) is 7.79. The largest absolute Gasteiger partial charge is 0.299 e. The van der Waals surface area contributed by atoms with E-state index in [1.807, 2.05) is 0 Å². The van der Waals surface area contributed by atoms with Crippen LogP contribution >= 0.6 is 0 Å². The van der Waals surface area contributed by atoms with Crippen LogP contribution in [0.3, 0.4) is 0 Å². The average molecular weight is 163 g/mol. The summed E-state index contributed by atoms with van der Waals surface area (Å²) in [4.78, 5) is 11.5. The summed E-state index contributed by atoms with van der Waals surface area (Å²) >= 11 is 0. The Morgan fingerprint density at radius 2 is 2.42 bits per heavy atom. The van der Waals surface area contributed by atoms with Crippen LogP contribution in [0.4, 0.5) is 0 Å². The fourth-order valence-electron chi connectivity index (χ4n) is 2.89. The fraction of sp³-hybridized carbons (Fsp3) is 0.800. The van der Waals surface area contributed by atoms with Gasteiger partial charge in [0.1, 0.15) is 5.78 Å². The molecule has 0 aliphatic heterocycles. The van der Waals surface area contributed by atoms with Crippen LogP contribution in [0.25, 0.3) is 0 Å². The Kier molecular flexibility index (Phi) is 1.51. The summed E-state index contributed by atoms with van der Waals surface area (Å²) in [5.74, 6) is 0.445. The van der Waals surface area contributed by atoms with Crippen molar-refractivity contribution in [2.45, 2.75) is 32.6 Å². The smallest absolute Gasteiger partial charge is 0.137 e. The molecular weight excluding hydrogens is 150 g/mol. The number of fused-ring (bicyclic) bond motifs is 1. The van der Waals surface area contributed by atoms with Crippen LogP contribution < -0.4 is 0 Å². The molecule has 2 rings (SSSR count). The Labute approximate surface area is 72.6 Å². The third-order valence-electron chi connectivity index (χ3n) is 3.52. The molecule has 0 aromatic carbocycles. The van der Waals surface area contributed by atoms with Gasteiger partial charge >= 0.3 is 0 Å². The Balaban J connectivity index is 2.20. The molecule has 2 heteroatoms. The highest BCUT2D eigenvalue weighted by Crippen LogP contribution is 2.56. The summed E-state index contributed by atoms with van der Waals surface area (Å²) in [6, 6.07) is 2.24. The summed E-state index contributed by atoms with van der Waals surface area (Å²) in [6.07, 6.45) is 3.82. The number of nitriles is 1. The molecule has 0 saturated heterocycles. The summed E-state index contributed by atoms with van der Waals surface area (Å²) < 4.78 is 0. The molecule has 0 aromatic rings. The number of hydrogen-bond donors (Lipinski definition) is 0. The topological polar surface area (TPSA) is 40.9 Å². The Morgan fingerprint density at radius 3 is 3.00 bits per heavy atom. The quantitative estimate of drug-likeness (QED) is 0.547. The van der Waals surface area contributed by atoms with E-state index in [9.17, 15) is 4.79 Å². The summed E-state index contributed by atoms with van der Waals surface area (Å²) in [5.41, 5.74) is 0.190. The van der Waals surface area contributed by atoms with Crippen LogP contribution in [-0.4, -0.2) is 5.78 Å². The van der Waals surface area contributed by atoms with E-state index in [0.717, 1.165) is 19.3 Å². The van der Waals surface area contributed by atoms with E-state index in [1.165, 1.54) is 0 Å². The Bertz CT molecular complexity index is 266. The Hall–Kier alpha value is -0.840. The molecule has 2 saturated carbocycles. The SMILES string of the molecule is CC12CCCC(=O)C1C(C#N)C2. The van der Waals surface area contributed by atoms with E-state index in [-0.39, 0.29) is 17.3 Å². The number of ketones is 1. The molecule has 2 fully saturated rings. The first-order valence-electron chi connectivity index (χ1n) is 4.60. The van der Waals surface area contributed by atoms with Crippen molar-refractivity contribution in [3.8, 4) is 6.07 Å². The number of nitrogens with zero attached hydrogens (tertiary/aromatic N) is 1. The van der Waals surface area contributed by atoms with E-state index in [1.54, 1.807) is 0 Å². The van der Waals surface area contributed by atoms with Gasteiger partial charge in [0.05, 0.1) is 12.0 Å². The molecule has 0 heterocycles. The van der Waals surface area contributed by atoms with Crippen molar-refractivity contribution in [1.29, 1.82) is 5.26 Å². The van der Waals surface area contributed by atoms with Crippen molar-refractivity contribution in [3.63, 3.8) is 0 Å². The molecule has 2 aliphatic rings. The lowest BCUT2D eigenvalue weighted by molar-refractivity contribution is -0.142. The molecule has 64 valence electrons. The predicted octanol–water partition coefficient (Wildman–Crippen LogP) is 1.91. The maximum Gasteiger partial charge on any atom is 0.137 e. The van der Waals surface area contributed by atoms with Gasteiger partial charge in [-0.25, -0.2) is 0 Å². The third-order valence-corrected chi connectivity index (χ3v) is 3.52. The summed E-state index contributed by atoms with van der Waals surface area (Å²) in [5, 5.41) is 8.75. The van der Waals surface area contributed by atoms with Crippen LogP contribution in [0.2, 0.25) is 0 Å². The minimum atomic E-state index is 0.0304. The van der Waals surface area contributed by atoms with Gasteiger partial charge in [-0.05, 0) is 24.7 Å². The molecule has 2 nitrogen and oxygen atoms in total. The molecule has 2 aliphatic carbocycles. The van der Waals surface area contributed by atoms with E-state index in [2.05, 4.69) is 13.0 Å². The second-order valence-electron chi connectivity index (χ2n) is 4.39. The van der Waals surface area contributed by atoms with Crippen molar-refractivity contribution in [3.05, 3.63) is 0 Å². The van der Waals surface area contributed by atoms with Gasteiger partial charge in [0.15, 0.2) is 0 Å². The molecular formula is C10H13NO. The maximum atomic E-state index is 11.5. The molecule has 0 amide bonds. The summed E-state index contributed by atoms with van der Waals surface area (Å²) in [7, 11) is 0. The standard InChI is InChI=1S/C10H13NO/c1-10-4-2-3-8(12)9(10)7(5-10)6-11/h7,9H,2-5H2,1H3. The van der Waals surface area contributed by atoms with Crippen LogP contribution in [0.1, 0.15) is 32.6 Å². The fourth-order valence-corrected chi connectivity index (χ4v) is 2.89. The van der Waals surface area contributed by atoms with Crippen molar-refractivity contribution in [2.75, 3.05) is 0 Å². The molecule has 0 spiro atoms. The highest BCUT2D eigenvalue weighted by atomic mass is 16.1. The van der Waals surface area contributed by atoms with E-state index in [0.29, 0.717) is 12.2 Å². The first-order valence-corrected chi connectivity index (χ1v) is 4.60. The van der Waals surface area contributed by atoms with Crippen LogP contribution in [0.5, 0.6) is 0 Å². The number of carbonyl (C=O) groups excluding carboxylic acids is 1. The van der Waals surface area contributed by atoms with Crippen LogP contribution in [-0.2, 0) is 4.79 Å². The molecule has 0 aromatic heterocycles. The van der Waals surface area contributed by atoms with Gasteiger partial charge in [0, 0.05) is 12.3 Å². The lowest BCUT2D eigenvalue weighted by Crippen LogP contribution is -2.52. The van der Waals surface area contributed by atoms with E-state index >= 15 is 0 Å². The van der Waals surface area contributed by atoms with Gasteiger partial charge in [0.25, 0.3) is 0 Å². The van der Waals surface area contributed by atoms with Gasteiger partial charge in [-0.3, -0.25) is 4.79 Å².